The molecule has 0 amide bonds. The van der Waals surface area contributed by atoms with Crippen molar-refractivity contribution >= 4 is 11.6 Å². The van der Waals surface area contributed by atoms with Gasteiger partial charge in [-0.3, -0.25) is 10.1 Å². The molecular weight excluding hydrogens is 286 g/mol. The molecule has 110 valence electrons. The molecule has 1 N–H and O–H groups in total. The minimum absolute atomic E-state index is 0.0613. The molecule has 7 nitrogen and oxygen atoms in total. The van der Waals surface area contributed by atoms with Gasteiger partial charge in [0.15, 0.2) is 0 Å². The van der Waals surface area contributed by atoms with Gasteiger partial charge in [-0.25, -0.2) is 13.8 Å². The largest absolute Gasteiger partial charge is 0.433 e. The summed E-state index contributed by atoms with van der Waals surface area (Å²) in [6.45, 7) is 1.40. The number of nitrogens with zero attached hydrogens (tertiary/aromatic N) is 3. The molecule has 1 heterocycles. The van der Waals surface area contributed by atoms with Crippen molar-refractivity contribution in [3.05, 3.63) is 45.6 Å². The van der Waals surface area contributed by atoms with Crippen LogP contribution in [0.3, 0.4) is 0 Å². The molecule has 0 unspecified atom stereocenters. The first-order valence-corrected chi connectivity index (χ1v) is 5.75. The van der Waals surface area contributed by atoms with Crippen molar-refractivity contribution in [1.29, 1.82) is 0 Å². The molecule has 0 spiro atoms. The van der Waals surface area contributed by atoms with Gasteiger partial charge in [0.05, 0.1) is 4.92 Å². The van der Waals surface area contributed by atoms with Crippen molar-refractivity contribution in [2.45, 2.75) is 6.92 Å². The van der Waals surface area contributed by atoms with E-state index < -0.39 is 28.1 Å². The predicted octanol–water partition coefficient (Wildman–Crippen LogP) is 2.81. The molecule has 1 aromatic carbocycles. The number of anilines is 1. The van der Waals surface area contributed by atoms with Crippen molar-refractivity contribution in [3.63, 3.8) is 0 Å². The van der Waals surface area contributed by atoms with Crippen molar-refractivity contribution in [2.24, 2.45) is 0 Å². The average molecular weight is 296 g/mol. The number of nitrogens with one attached hydrogen (secondary N) is 1. The highest BCUT2D eigenvalue weighted by Crippen LogP contribution is 2.32. The zero-order valence-electron chi connectivity index (χ0n) is 11.1. The number of rotatable bonds is 4. The second-order valence-corrected chi connectivity index (χ2v) is 4.00. The van der Waals surface area contributed by atoms with Crippen LogP contribution < -0.4 is 10.1 Å². The van der Waals surface area contributed by atoms with Gasteiger partial charge in [-0.2, -0.15) is 4.98 Å². The molecule has 2 aromatic rings. The molecule has 0 atom stereocenters. The van der Waals surface area contributed by atoms with Gasteiger partial charge < -0.3 is 10.1 Å². The molecule has 9 heteroatoms. The zero-order valence-corrected chi connectivity index (χ0v) is 11.1. The van der Waals surface area contributed by atoms with E-state index in [4.69, 9.17) is 4.74 Å². The van der Waals surface area contributed by atoms with E-state index in [1.807, 2.05) is 0 Å². The molecular formula is C12H10F2N4O3. The fourth-order valence-electron chi connectivity index (χ4n) is 1.63. The number of benzene rings is 1. The van der Waals surface area contributed by atoms with Crippen LogP contribution >= 0.6 is 0 Å². The summed E-state index contributed by atoms with van der Waals surface area (Å²) in [6.07, 6.45) is 0. The molecule has 1 aromatic heterocycles. The first-order chi connectivity index (χ1) is 9.90. The number of aromatic nitrogens is 2. The minimum Gasteiger partial charge on any atom is -0.433 e. The van der Waals surface area contributed by atoms with Crippen LogP contribution in [0.2, 0.25) is 0 Å². The summed E-state index contributed by atoms with van der Waals surface area (Å²) >= 11 is 0. The fraction of sp³-hybridized carbons (Fsp3) is 0.167. The summed E-state index contributed by atoms with van der Waals surface area (Å²) in [5.41, 5.74) is -0.412. The Hall–Kier alpha value is -2.84. The molecule has 0 aliphatic rings. The number of ether oxygens (including phenoxy) is 1. The lowest BCUT2D eigenvalue weighted by molar-refractivity contribution is -0.386. The van der Waals surface area contributed by atoms with Crippen LogP contribution in [0.25, 0.3) is 0 Å². The van der Waals surface area contributed by atoms with Crippen LogP contribution in [0.5, 0.6) is 11.6 Å². The van der Waals surface area contributed by atoms with Crippen LogP contribution in [0.1, 0.15) is 5.69 Å². The second-order valence-electron chi connectivity index (χ2n) is 4.00. The lowest BCUT2D eigenvalue weighted by atomic mass is 10.3. The lowest BCUT2D eigenvalue weighted by Gasteiger charge is -2.08. The van der Waals surface area contributed by atoms with Gasteiger partial charge in [0.25, 0.3) is 0 Å². The van der Waals surface area contributed by atoms with Gasteiger partial charge in [-0.05, 0) is 6.92 Å². The number of hydrogen-bond acceptors (Lipinski definition) is 6. The molecule has 0 saturated carbocycles. The van der Waals surface area contributed by atoms with E-state index >= 15 is 0 Å². The van der Waals surface area contributed by atoms with Crippen LogP contribution in [0.15, 0.2) is 18.2 Å². The third-order valence-electron chi connectivity index (χ3n) is 2.48. The van der Waals surface area contributed by atoms with Crippen molar-refractivity contribution in [1.82, 2.24) is 9.97 Å². The summed E-state index contributed by atoms with van der Waals surface area (Å²) < 4.78 is 31.4. The fourth-order valence-corrected chi connectivity index (χ4v) is 1.63. The van der Waals surface area contributed by atoms with Crippen LogP contribution in [0.4, 0.5) is 20.4 Å². The topological polar surface area (TPSA) is 90.2 Å². The van der Waals surface area contributed by atoms with Crippen molar-refractivity contribution in [2.75, 3.05) is 12.4 Å². The van der Waals surface area contributed by atoms with E-state index in [1.54, 1.807) is 0 Å². The smallest absolute Gasteiger partial charge is 0.352 e. The van der Waals surface area contributed by atoms with E-state index in [2.05, 4.69) is 15.3 Å². The van der Waals surface area contributed by atoms with Crippen LogP contribution in [-0.2, 0) is 0 Å². The Morgan fingerprint density at radius 2 is 1.86 bits per heavy atom. The number of nitro groups is 1. The maximum Gasteiger partial charge on any atom is 0.352 e. The molecule has 0 aliphatic carbocycles. The van der Waals surface area contributed by atoms with E-state index in [0.29, 0.717) is 6.07 Å². The van der Waals surface area contributed by atoms with Gasteiger partial charge in [0.1, 0.15) is 23.1 Å². The third-order valence-corrected chi connectivity index (χ3v) is 2.48. The maximum atomic E-state index is 13.1. The number of halogens is 2. The van der Waals surface area contributed by atoms with Crippen LogP contribution in [0, 0.1) is 28.7 Å². The van der Waals surface area contributed by atoms with Crippen molar-refractivity contribution in [3.8, 4) is 11.6 Å². The molecule has 0 fully saturated rings. The zero-order chi connectivity index (χ0) is 15.6. The lowest BCUT2D eigenvalue weighted by Crippen LogP contribution is -2.05. The van der Waals surface area contributed by atoms with Gasteiger partial charge in [-0.1, -0.05) is 0 Å². The standard InChI is InChI=1S/C12H10F2N4O3/c1-6-10(18(19)20)11(17-12(15-2)16-6)21-9-4-7(13)3-8(14)5-9/h3-5H,1-2H3,(H,15,16,17). The normalized spacial score (nSPS) is 10.3. The summed E-state index contributed by atoms with van der Waals surface area (Å²) in [6, 6.07) is 2.44. The average Bonchev–Trinajstić information content (AvgIpc) is 2.36. The second kappa shape index (κ2) is 5.65. The Labute approximate surface area is 117 Å². The Balaban J connectivity index is 2.51. The Morgan fingerprint density at radius 1 is 1.24 bits per heavy atom. The van der Waals surface area contributed by atoms with Gasteiger partial charge in [0.2, 0.25) is 5.95 Å². The van der Waals surface area contributed by atoms with Gasteiger partial charge >= 0.3 is 11.6 Å². The first-order valence-electron chi connectivity index (χ1n) is 5.75. The summed E-state index contributed by atoms with van der Waals surface area (Å²) in [5, 5.41) is 13.7. The first kappa shape index (κ1) is 14.6. The molecule has 0 bridgehead atoms. The quantitative estimate of drug-likeness (QED) is 0.689. The van der Waals surface area contributed by atoms with E-state index in [9.17, 15) is 18.9 Å². The van der Waals surface area contributed by atoms with E-state index in [-0.39, 0.29) is 17.4 Å². The SMILES string of the molecule is CNc1nc(C)c([N+](=O)[O-])c(Oc2cc(F)cc(F)c2)n1. The Bertz CT molecular complexity index is 689. The molecule has 0 aliphatic heterocycles. The van der Waals surface area contributed by atoms with Gasteiger partial charge in [-0.15, -0.1) is 0 Å². The third kappa shape index (κ3) is 3.19. The van der Waals surface area contributed by atoms with Gasteiger partial charge in [0, 0.05) is 25.2 Å². The molecule has 2 rings (SSSR count). The highest BCUT2D eigenvalue weighted by Gasteiger charge is 2.24. The Kier molecular flexibility index (Phi) is 3.92. The van der Waals surface area contributed by atoms with E-state index in [0.717, 1.165) is 12.1 Å². The highest BCUT2D eigenvalue weighted by molar-refractivity contribution is 5.50. The molecule has 21 heavy (non-hydrogen) atoms. The monoisotopic (exact) mass is 296 g/mol. The predicted molar refractivity (Wildman–Crippen MR) is 69.4 cm³/mol. The number of aryl methyl sites for hydroxylation is 1. The minimum atomic E-state index is -0.868. The summed E-state index contributed by atoms with van der Waals surface area (Å²) in [5.74, 6) is -2.29. The molecule has 0 radical (unpaired) electrons. The molecule has 0 saturated heterocycles. The maximum absolute atomic E-state index is 13.1. The Morgan fingerprint density at radius 3 is 2.38 bits per heavy atom. The highest BCUT2D eigenvalue weighted by atomic mass is 19.1. The number of hydrogen-bond donors (Lipinski definition) is 1. The summed E-state index contributed by atoms with van der Waals surface area (Å²) in [7, 11) is 1.52. The van der Waals surface area contributed by atoms with Crippen molar-refractivity contribution < 1.29 is 18.4 Å². The van der Waals surface area contributed by atoms with E-state index in [1.165, 1.54) is 14.0 Å². The van der Waals surface area contributed by atoms with Crippen LogP contribution in [-0.4, -0.2) is 21.9 Å². The summed E-state index contributed by atoms with van der Waals surface area (Å²) in [4.78, 5) is 18.0.